The third kappa shape index (κ3) is 4.23. The van der Waals surface area contributed by atoms with Crippen LogP contribution in [0.5, 0.6) is 0 Å². The van der Waals surface area contributed by atoms with Crippen LogP contribution in [0.1, 0.15) is 30.7 Å². The molecule has 0 unspecified atom stereocenters. The largest absolute Gasteiger partial charge is 0.501 e. The number of aliphatic hydroxyl groups excluding tert-OH is 1. The van der Waals surface area contributed by atoms with Gasteiger partial charge in [-0.1, -0.05) is 0 Å². The average molecular weight is 333 g/mol. The van der Waals surface area contributed by atoms with E-state index in [2.05, 4.69) is 14.7 Å². The molecule has 1 aromatic rings. The third-order valence-corrected chi connectivity index (χ3v) is 3.13. The quantitative estimate of drug-likeness (QED) is 0.355. The molecule has 0 spiro atoms. The van der Waals surface area contributed by atoms with E-state index in [1.165, 1.54) is 0 Å². The van der Waals surface area contributed by atoms with E-state index in [1.54, 1.807) is 27.7 Å². The fraction of sp³-hybridized carbons (Fsp3) is 0.375. The number of aliphatic imine (C=N–C) groups is 1. The Kier molecular flexibility index (Phi) is 6.74. The number of aryl methyl sites for hydroxylation is 1. The molecular formula is C16H19N3O5. The van der Waals surface area contributed by atoms with Crippen molar-refractivity contribution in [1.29, 1.82) is 5.26 Å². The van der Waals surface area contributed by atoms with Crippen LogP contribution < -0.4 is 0 Å². The molecule has 8 nitrogen and oxygen atoms in total. The first-order valence-corrected chi connectivity index (χ1v) is 7.28. The summed E-state index contributed by atoms with van der Waals surface area (Å²) in [6.07, 6.45) is 0.968. The molecule has 0 radical (unpaired) electrons. The molecule has 0 bridgehead atoms. The fourth-order valence-corrected chi connectivity index (χ4v) is 1.79. The van der Waals surface area contributed by atoms with Crippen LogP contribution in [0.4, 0.5) is 5.82 Å². The fourth-order valence-electron chi connectivity index (χ4n) is 1.79. The van der Waals surface area contributed by atoms with E-state index in [0.29, 0.717) is 5.56 Å². The number of rotatable bonds is 6. The second kappa shape index (κ2) is 8.53. The molecule has 24 heavy (non-hydrogen) atoms. The number of hydrogen-bond acceptors (Lipinski definition) is 7. The third-order valence-electron chi connectivity index (χ3n) is 3.13. The Morgan fingerprint density at radius 1 is 1.25 bits per heavy atom. The summed E-state index contributed by atoms with van der Waals surface area (Å²) >= 11 is 0. The number of aromatic nitrogens is 1. The number of nitrogens with zero attached hydrogens (tertiary/aromatic N) is 2. The minimum absolute atomic E-state index is 0.0315. The predicted molar refractivity (Wildman–Crippen MR) is 86.1 cm³/mol. The van der Waals surface area contributed by atoms with Gasteiger partial charge in [0.15, 0.2) is 0 Å². The number of nitrogens with one attached hydrogen (secondary N) is 1. The van der Waals surface area contributed by atoms with Crippen molar-refractivity contribution >= 4 is 24.0 Å². The lowest BCUT2D eigenvalue weighted by atomic mass is 10.2. The van der Waals surface area contributed by atoms with Gasteiger partial charge in [-0.15, -0.1) is 0 Å². The summed E-state index contributed by atoms with van der Waals surface area (Å²) in [4.78, 5) is 30.4. The maximum Gasteiger partial charge on any atom is 0.374 e. The molecule has 1 rings (SSSR count). The first kappa shape index (κ1) is 19.0. The molecular weight excluding hydrogens is 314 g/mol. The van der Waals surface area contributed by atoms with E-state index in [9.17, 15) is 14.7 Å². The van der Waals surface area contributed by atoms with E-state index in [4.69, 9.17) is 10.00 Å². The van der Waals surface area contributed by atoms with Crippen LogP contribution in [0.2, 0.25) is 0 Å². The van der Waals surface area contributed by atoms with Crippen LogP contribution >= 0.6 is 0 Å². The molecule has 0 saturated heterocycles. The number of ether oxygens (including phenoxy) is 2. The Morgan fingerprint density at radius 3 is 2.38 bits per heavy atom. The normalized spacial score (nSPS) is 11.8. The molecule has 0 fully saturated rings. The van der Waals surface area contributed by atoms with Gasteiger partial charge in [-0.3, -0.25) is 0 Å². The van der Waals surface area contributed by atoms with Crippen molar-refractivity contribution < 1.29 is 24.2 Å². The number of hydrogen-bond donors (Lipinski definition) is 2. The van der Waals surface area contributed by atoms with Gasteiger partial charge in [0.1, 0.15) is 17.5 Å². The molecule has 1 heterocycles. The second-order valence-corrected chi connectivity index (χ2v) is 4.67. The summed E-state index contributed by atoms with van der Waals surface area (Å²) < 4.78 is 9.45. The number of carbonyl (C=O) groups excluding carboxylic acids is 2. The van der Waals surface area contributed by atoms with Crippen LogP contribution in [-0.4, -0.2) is 41.5 Å². The first-order valence-electron chi connectivity index (χ1n) is 7.28. The monoisotopic (exact) mass is 333 g/mol. The van der Waals surface area contributed by atoms with E-state index in [0.717, 1.165) is 17.5 Å². The lowest BCUT2D eigenvalue weighted by Crippen LogP contribution is -2.17. The van der Waals surface area contributed by atoms with Crippen LogP contribution in [0.3, 0.4) is 0 Å². The summed E-state index contributed by atoms with van der Waals surface area (Å²) in [7, 11) is 0. The molecule has 0 atom stereocenters. The van der Waals surface area contributed by atoms with E-state index >= 15 is 0 Å². The lowest BCUT2D eigenvalue weighted by Gasteiger charge is -2.05. The number of H-pyrrole nitrogens is 1. The van der Waals surface area contributed by atoms with Crippen molar-refractivity contribution in [2.45, 2.75) is 27.7 Å². The number of esters is 2. The summed E-state index contributed by atoms with van der Waals surface area (Å²) in [5.74, 6) is -2.68. The van der Waals surface area contributed by atoms with Crippen LogP contribution in [-0.2, 0) is 19.1 Å². The number of nitriles is 1. The highest BCUT2D eigenvalue weighted by Crippen LogP contribution is 2.23. The summed E-state index contributed by atoms with van der Waals surface area (Å²) in [5.41, 5.74) is 1.32. The molecule has 0 aliphatic heterocycles. The maximum absolute atomic E-state index is 11.9. The van der Waals surface area contributed by atoms with Gasteiger partial charge < -0.3 is 19.6 Å². The summed E-state index contributed by atoms with van der Waals surface area (Å²) in [5, 5.41) is 19.1. The van der Waals surface area contributed by atoms with E-state index < -0.39 is 23.3 Å². The minimum atomic E-state index is -1.06. The molecule has 128 valence electrons. The molecule has 0 aliphatic carbocycles. The zero-order chi connectivity index (χ0) is 18.3. The SMILES string of the molecule is CCOC(=O)/C(O)=C(/C=N/c1[nH]c(C)c(C)c1C#N)C(=O)OCC. The molecule has 0 aliphatic rings. The molecule has 0 aromatic carbocycles. The molecule has 2 N–H and O–H groups in total. The maximum atomic E-state index is 11.9. The number of aliphatic hydroxyl groups is 1. The van der Waals surface area contributed by atoms with Gasteiger partial charge in [0.05, 0.1) is 18.8 Å². The van der Waals surface area contributed by atoms with Crippen molar-refractivity contribution in [1.82, 2.24) is 4.98 Å². The Labute approximate surface area is 139 Å². The number of carbonyl (C=O) groups is 2. The second-order valence-electron chi connectivity index (χ2n) is 4.67. The highest BCUT2D eigenvalue weighted by atomic mass is 16.5. The standard InChI is InChI=1S/C16H19N3O5/c1-5-23-15(21)12(13(20)16(22)24-6-2)8-18-14-11(7-17)9(3)10(4)19-14/h8,19-20H,5-6H2,1-4H3/b13-12+,18-8+. The molecule has 8 heteroatoms. The number of aromatic amines is 1. The Balaban J connectivity index is 3.30. The van der Waals surface area contributed by atoms with Crippen LogP contribution in [0.25, 0.3) is 0 Å². The van der Waals surface area contributed by atoms with Gasteiger partial charge in [0, 0.05) is 11.9 Å². The molecule has 0 saturated carbocycles. The van der Waals surface area contributed by atoms with Crippen molar-refractivity contribution in [3.8, 4) is 6.07 Å². The van der Waals surface area contributed by atoms with Crippen LogP contribution in [0.15, 0.2) is 16.3 Å². The average Bonchev–Trinajstić information content (AvgIpc) is 2.81. The van der Waals surface area contributed by atoms with Crippen molar-refractivity contribution in [2.24, 2.45) is 4.99 Å². The highest BCUT2D eigenvalue weighted by molar-refractivity contribution is 6.14. The Hall–Kier alpha value is -3.08. The van der Waals surface area contributed by atoms with Crippen molar-refractivity contribution in [3.63, 3.8) is 0 Å². The zero-order valence-corrected chi connectivity index (χ0v) is 14.0. The topological polar surface area (TPSA) is 125 Å². The minimum Gasteiger partial charge on any atom is -0.501 e. The lowest BCUT2D eigenvalue weighted by molar-refractivity contribution is -0.143. The van der Waals surface area contributed by atoms with E-state index in [1.807, 2.05) is 6.07 Å². The van der Waals surface area contributed by atoms with Gasteiger partial charge in [-0.2, -0.15) is 5.26 Å². The Bertz CT molecular complexity index is 738. The first-order chi connectivity index (χ1) is 11.4. The van der Waals surface area contributed by atoms with Gasteiger partial charge in [-0.25, -0.2) is 14.6 Å². The van der Waals surface area contributed by atoms with Crippen molar-refractivity contribution in [3.05, 3.63) is 28.2 Å². The molecule has 0 amide bonds. The molecule has 1 aromatic heterocycles. The predicted octanol–water partition coefficient (Wildman–Crippen LogP) is 2.14. The van der Waals surface area contributed by atoms with Crippen molar-refractivity contribution in [2.75, 3.05) is 13.2 Å². The van der Waals surface area contributed by atoms with Gasteiger partial charge in [0.2, 0.25) is 5.76 Å². The van der Waals surface area contributed by atoms with Gasteiger partial charge >= 0.3 is 11.9 Å². The van der Waals surface area contributed by atoms with Gasteiger partial charge in [-0.05, 0) is 33.3 Å². The van der Waals surface area contributed by atoms with E-state index in [-0.39, 0.29) is 19.0 Å². The summed E-state index contributed by atoms with van der Waals surface area (Å²) in [6, 6.07) is 2.00. The van der Waals surface area contributed by atoms with Crippen LogP contribution in [0, 0.1) is 25.2 Å². The summed E-state index contributed by atoms with van der Waals surface area (Å²) in [6.45, 7) is 6.75. The Morgan fingerprint density at radius 2 is 1.83 bits per heavy atom. The highest BCUT2D eigenvalue weighted by Gasteiger charge is 2.22. The van der Waals surface area contributed by atoms with Gasteiger partial charge in [0.25, 0.3) is 0 Å². The smallest absolute Gasteiger partial charge is 0.374 e. The zero-order valence-electron chi connectivity index (χ0n) is 14.0.